The predicted octanol–water partition coefficient (Wildman–Crippen LogP) is 2.15. The number of halogens is 1. The molecule has 2 atom stereocenters. The van der Waals surface area contributed by atoms with Crippen LogP contribution in [0.1, 0.15) is 31.9 Å². The summed E-state index contributed by atoms with van der Waals surface area (Å²) in [5.74, 6) is 5.34. The number of hydrazine groups is 1. The van der Waals surface area contributed by atoms with E-state index in [0.717, 1.165) is 0 Å². The van der Waals surface area contributed by atoms with Crippen LogP contribution in [0.4, 0.5) is 4.39 Å². The summed E-state index contributed by atoms with van der Waals surface area (Å²) in [5.41, 5.74) is 2.47. The molecule has 0 bridgehead atoms. The van der Waals surface area contributed by atoms with Gasteiger partial charge < -0.3 is 9.47 Å². The van der Waals surface area contributed by atoms with Crippen LogP contribution in [-0.2, 0) is 4.74 Å². The summed E-state index contributed by atoms with van der Waals surface area (Å²) in [6.45, 7) is 3.85. The standard InChI is InChI=1S/C13H21FN2O2/c1-5-13(2,18-4)12(16-15)9-7-6-8-10(17-3)11(9)14/h6-8,12,16H,5,15H2,1-4H3. The Hall–Kier alpha value is -1.17. The van der Waals surface area contributed by atoms with Crippen LogP contribution >= 0.6 is 0 Å². The summed E-state index contributed by atoms with van der Waals surface area (Å²) in [6, 6.07) is 4.52. The van der Waals surface area contributed by atoms with E-state index in [-0.39, 0.29) is 5.75 Å². The van der Waals surface area contributed by atoms with Gasteiger partial charge in [0, 0.05) is 12.7 Å². The first-order valence-electron chi connectivity index (χ1n) is 5.87. The molecule has 0 fully saturated rings. The molecule has 0 spiro atoms. The Morgan fingerprint density at radius 2 is 2.11 bits per heavy atom. The molecular weight excluding hydrogens is 235 g/mol. The van der Waals surface area contributed by atoms with Gasteiger partial charge in [-0.05, 0) is 19.4 Å². The molecule has 1 aromatic rings. The number of nitrogens with two attached hydrogens (primary N) is 1. The van der Waals surface area contributed by atoms with E-state index in [1.165, 1.54) is 7.11 Å². The first kappa shape index (κ1) is 14.9. The molecule has 18 heavy (non-hydrogen) atoms. The number of methoxy groups -OCH3 is 2. The summed E-state index contributed by atoms with van der Waals surface area (Å²) in [7, 11) is 3.02. The first-order chi connectivity index (χ1) is 8.53. The van der Waals surface area contributed by atoms with Gasteiger partial charge in [0.15, 0.2) is 11.6 Å². The minimum atomic E-state index is -0.595. The highest BCUT2D eigenvalue weighted by molar-refractivity contribution is 5.34. The molecule has 0 aromatic heterocycles. The van der Waals surface area contributed by atoms with Crippen molar-refractivity contribution in [2.24, 2.45) is 5.84 Å². The van der Waals surface area contributed by atoms with Gasteiger partial charge in [0.05, 0.1) is 18.8 Å². The van der Waals surface area contributed by atoms with Gasteiger partial charge in [0.1, 0.15) is 0 Å². The molecule has 1 aromatic carbocycles. The van der Waals surface area contributed by atoms with Gasteiger partial charge in [0.2, 0.25) is 0 Å². The fraction of sp³-hybridized carbons (Fsp3) is 0.538. The Labute approximate surface area is 107 Å². The molecule has 102 valence electrons. The van der Waals surface area contributed by atoms with E-state index in [2.05, 4.69) is 5.43 Å². The molecule has 0 aliphatic heterocycles. The Balaban J connectivity index is 3.25. The molecule has 0 saturated carbocycles. The van der Waals surface area contributed by atoms with Crippen LogP contribution < -0.4 is 16.0 Å². The summed E-state index contributed by atoms with van der Waals surface area (Å²) in [4.78, 5) is 0. The quantitative estimate of drug-likeness (QED) is 0.605. The normalized spacial score (nSPS) is 16.1. The lowest BCUT2D eigenvalue weighted by molar-refractivity contribution is -0.0310. The average Bonchev–Trinajstić information content (AvgIpc) is 2.41. The lowest BCUT2D eigenvalue weighted by Gasteiger charge is -2.35. The van der Waals surface area contributed by atoms with Crippen LogP contribution in [0.2, 0.25) is 0 Å². The number of ether oxygens (including phenoxy) is 2. The van der Waals surface area contributed by atoms with E-state index < -0.39 is 17.5 Å². The zero-order valence-electron chi connectivity index (χ0n) is 11.3. The van der Waals surface area contributed by atoms with Crippen molar-refractivity contribution in [3.05, 3.63) is 29.6 Å². The van der Waals surface area contributed by atoms with E-state index in [1.54, 1.807) is 25.3 Å². The van der Waals surface area contributed by atoms with Crippen LogP contribution in [0.3, 0.4) is 0 Å². The van der Waals surface area contributed by atoms with Crippen molar-refractivity contribution in [2.45, 2.75) is 31.9 Å². The molecule has 2 unspecified atom stereocenters. The highest BCUT2D eigenvalue weighted by Gasteiger charge is 2.35. The molecule has 0 amide bonds. The van der Waals surface area contributed by atoms with Gasteiger partial charge in [-0.25, -0.2) is 9.82 Å². The minimum Gasteiger partial charge on any atom is -0.494 e. The van der Waals surface area contributed by atoms with Crippen molar-refractivity contribution in [3.8, 4) is 5.75 Å². The topological polar surface area (TPSA) is 56.5 Å². The predicted molar refractivity (Wildman–Crippen MR) is 68.7 cm³/mol. The van der Waals surface area contributed by atoms with Crippen molar-refractivity contribution < 1.29 is 13.9 Å². The Bertz CT molecular complexity index is 395. The molecule has 3 N–H and O–H groups in total. The summed E-state index contributed by atoms with van der Waals surface area (Å²) >= 11 is 0. The molecule has 4 nitrogen and oxygen atoms in total. The molecular formula is C13H21FN2O2. The molecule has 0 heterocycles. The summed E-state index contributed by atoms with van der Waals surface area (Å²) < 4.78 is 24.7. The van der Waals surface area contributed by atoms with Gasteiger partial charge in [-0.2, -0.15) is 0 Å². The lowest BCUT2D eigenvalue weighted by atomic mass is 9.87. The van der Waals surface area contributed by atoms with E-state index in [0.29, 0.717) is 12.0 Å². The minimum absolute atomic E-state index is 0.197. The van der Waals surface area contributed by atoms with Crippen LogP contribution in [0.15, 0.2) is 18.2 Å². The zero-order chi connectivity index (χ0) is 13.8. The average molecular weight is 256 g/mol. The Morgan fingerprint density at radius 3 is 2.56 bits per heavy atom. The largest absolute Gasteiger partial charge is 0.494 e. The molecule has 0 aliphatic carbocycles. The maximum Gasteiger partial charge on any atom is 0.169 e. The number of nitrogens with one attached hydrogen (secondary N) is 1. The number of hydrogen-bond acceptors (Lipinski definition) is 4. The Kier molecular flexibility index (Phi) is 5.07. The van der Waals surface area contributed by atoms with Gasteiger partial charge in [-0.15, -0.1) is 0 Å². The van der Waals surface area contributed by atoms with Crippen LogP contribution in [0, 0.1) is 5.82 Å². The third-order valence-electron chi connectivity index (χ3n) is 3.47. The van der Waals surface area contributed by atoms with Gasteiger partial charge in [-0.3, -0.25) is 5.84 Å². The lowest BCUT2D eigenvalue weighted by Crippen LogP contribution is -2.46. The van der Waals surface area contributed by atoms with Crippen molar-refractivity contribution in [3.63, 3.8) is 0 Å². The molecule has 1 rings (SSSR count). The smallest absolute Gasteiger partial charge is 0.169 e. The van der Waals surface area contributed by atoms with Gasteiger partial charge in [0.25, 0.3) is 0 Å². The van der Waals surface area contributed by atoms with Crippen molar-refractivity contribution >= 4 is 0 Å². The summed E-state index contributed by atoms with van der Waals surface area (Å²) in [5, 5.41) is 0. The second-order valence-electron chi connectivity index (χ2n) is 4.33. The zero-order valence-corrected chi connectivity index (χ0v) is 11.3. The SMILES string of the molecule is CCC(C)(OC)C(NN)c1cccc(OC)c1F. The monoisotopic (exact) mass is 256 g/mol. The number of hydrogen-bond donors (Lipinski definition) is 2. The second-order valence-corrected chi connectivity index (χ2v) is 4.33. The van der Waals surface area contributed by atoms with E-state index in [1.807, 2.05) is 13.8 Å². The third kappa shape index (κ3) is 2.63. The van der Waals surface area contributed by atoms with Crippen molar-refractivity contribution in [1.82, 2.24) is 5.43 Å². The molecule has 0 radical (unpaired) electrons. The van der Waals surface area contributed by atoms with Crippen LogP contribution in [-0.4, -0.2) is 19.8 Å². The second kappa shape index (κ2) is 6.13. The maximum absolute atomic E-state index is 14.2. The van der Waals surface area contributed by atoms with Crippen molar-refractivity contribution in [1.29, 1.82) is 0 Å². The molecule has 0 aliphatic rings. The van der Waals surface area contributed by atoms with Crippen LogP contribution in [0.5, 0.6) is 5.75 Å². The van der Waals surface area contributed by atoms with Crippen LogP contribution in [0.25, 0.3) is 0 Å². The van der Waals surface area contributed by atoms with Crippen molar-refractivity contribution in [2.75, 3.05) is 14.2 Å². The Morgan fingerprint density at radius 1 is 1.44 bits per heavy atom. The highest BCUT2D eigenvalue weighted by Crippen LogP contribution is 2.34. The number of benzene rings is 1. The summed E-state index contributed by atoms with van der Waals surface area (Å²) in [6.07, 6.45) is 0.690. The molecule has 0 saturated heterocycles. The third-order valence-corrected chi connectivity index (χ3v) is 3.47. The van der Waals surface area contributed by atoms with Gasteiger partial charge >= 0.3 is 0 Å². The fourth-order valence-electron chi connectivity index (χ4n) is 1.97. The highest BCUT2D eigenvalue weighted by atomic mass is 19.1. The number of rotatable bonds is 6. The van der Waals surface area contributed by atoms with E-state index in [9.17, 15) is 4.39 Å². The molecule has 5 heteroatoms. The maximum atomic E-state index is 14.2. The van der Waals surface area contributed by atoms with Gasteiger partial charge in [-0.1, -0.05) is 19.1 Å². The van der Waals surface area contributed by atoms with E-state index >= 15 is 0 Å². The van der Waals surface area contributed by atoms with E-state index in [4.69, 9.17) is 15.3 Å². The first-order valence-corrected chi connectivity index (χ1v) is 5.87. The fourth-order valence-corrected chi connectivity index (χ4v) is 1.97.